The highest BCUT2D eigenvalue weighted by molar-refractivity contribution is 5.71. The summed E-state index contributed by atoms with van der Waals surface area (Å²) in [7, 11) is 0. The van der Waals surface area contributed by atoms with Crippen LogP contribution in [0.25, 0.3) is 16.8 Å². The third-order valence-corrected chi connectivity index (χ3v) is 7.25. The van der Waals surface area contributed by atoms with E-state index in [1.54, 1.807) is 43.8 Å². The van der Waals surface area contributed by atoms with Crippen LogP contribution in [0.4, 0.5) is 10.2 Å². The van der Waals surface area contributed by atoms with Crippen LogP contribution in [0, 0.1) is 17.1 Å². The number of hydrogen-bond donors (Lipinski definition) is 2. The number of rotatable bonds is 6. The fraction of sp³-hybridized carbons (Fsp3) is 0.346. The van der Waals surface area contributed by atoms with E-state index in [9.17, 15) is 9.65 Å². The Labute approximate surface area is 212 Å². The number of piperidine rings is 1. The van der Waals surface area contributed by atoms with Crippen LogP contribution in [0.5, 0.6) is 5.75 Å². The van der Waals surface area contributed by atoms with Crippen molar-refractivity contribution in [2.75, 3.05) is 5.73 Å². The topological polar surface area (TPSA) is 132 Å². The largest absolute Gasteiger partial charge is 0.482 e. The molecule has 3 N–H and O–H groups in total. The summed E-state index contributed by atoms with van der Waals surface area (Å²) >= 11 is 0. The summed E-state index contributed by atoms with van der Waals surface area (Å²) < 4.78 is 22.2. The Morgan fingerprint density at radius 2 is 1.89 bits per heavy atom. The lowest BCUT2D eigenvalue weighted by atomic mass is 9.99. The number of nitrogens with zero attached hydrogens (tertiary/aromatic N) is 7. The molecule has 0 amide bonds. The number of nitrogen functional groups attached to an aromatic ring is 1. The molecule has 0 saturated carbocycles. The van der Waals surface area contributed by atoms with Gasteiger partial charge < -0.3 is 15.8 Å². The molecular formula is C26H26FN9O. The summed E-state index contributed by atoms with van der Waals surface area (Å²) in [6.45, 7) is 1.79. The normalized spacial score (nSPS) is 21.5. The summed E-state index contributed by atoms with van der Waals surface area (Å²) in [4.78, 5) is 5.73. The highest BCUT2D eigenvalue weighted by Gasteiger charge is 2.35. The molecule has 2 saturated heterocycles. The van der Waals surface area contributed by atoms with Gasteiger partial charge in [0.15, 0.2) is 11.6 Å². The number of benzene rings is 1. The molecule has 10 nitrogen and oxygen atoms in total. The predicted molar refractivity (Wildman–Crippen MR) is 133 cm³/mol. The fourth-order valence-corrected chi connectivity index (χ4v) is 5.51. The standard InChI is InChI=1S/C26H26FN9O/c1-15(21-9-17(27)2-5-23(21)36-31-6-7-32-36)37-25-8-16(13-30-26(25)29)22-14-33-35(24(22)12-28)20-10-18-3-4-19(11-20)34-18/h2,5-9,13-15,18-20,34H,3-4,10-11H2,1H3,(H2,29,30)/t15-,18?,19?,20?/m1/s1. The summed E-state index contributed by atoms with van der Waals surface area (Å²) in [5, 5.41) is 26.6. The molecule has 0 spiro atoms. The van der Waals surface area contributed by atoms with Crippen molar-refractivity contribution in [3.8, 4) is 28.6 Å². The fourth-order valence-electron chi connectivity index (χ4n) is 5.51. The molecule has 3 aromatic heterocycles. The Morgan fingerprint density at radius 3 is 2.62 bits per heavy atom. The van der Waals surface area contributed by atoms with Gasteiger partial charge >= 0.3 is 0 Å². The minimum atomic E-state index is -0.598. The highest BCUT2D eigenvalue weighted by atomic mass is 19.1. The molecule has 6 rings (SSSR count). The monoisotopic (exact) mass is 499 g/mol. The second-order valence-electron chi connectivity index (χ2n) is 9.62. The van der Waals surface area contributed by atoms with E-state index < -0.39 is 11.9 Å². The van der Waals surface area contributed by atoms with Gasteiger partial charge in [-0.05, 0) is 56.9 Å². The lowest BCUT2D eigenvalue weighted by Crippen LogP contribution is -2.39. The maximum Gasteiger partial charge on any atom is 0.166 e. The van der Waals surface area contributed by atoms with Gasteiger partial charge in [0, 0.05) is 35.0 Å². The quantitative estimate of drug-likeness (QED) is 0.410. The summed E-state index contributed by atoms with van der Waals surface area (Å²) in [5.41, 5.74) is 9.13. The molecule has 0 aliphatic carbocycles. The Bertz CT molecular complexity index is 1460. The van der Waals surface area contributed by atoms with Gasteiger partial charge in [0.05, 0.1) is 30.3 Å². The van der Waals surface area contributed by atoms with Crippen LogP contribution in [0.2, 0.25) is 0 Å². The third-order valence-electron chi connectivity index (χ3n) is 7.25. The molecule has 3 atom stereocenters. The van der Waals surface area contributed by atoms with Crippen molar-refractivity contribution in [3.05, 3.63) is 66.1 Å². The van der Waals surface area contributed by atoms with Crippen molar-refractivity contribution in [1.82, 2.24) is 35.1 Å². The number of nitrogens with two attached hydrogens (primary N) is 1. The Balaban J connectivity index is 1.30. The van der Waals surface area contributed by atoms with Gasteiger partial charge in [-0.3, -0.25) is 4.68 Å². The van der Waals surface area contributed by atoms with Gasteiger partial charge in [-0.1, -0.05) is 0 Å². The zero-order valence-electron chi connectivity index (χ0n) is 20.3. The molecule has 2 bridgehead atoms. The van der Waals surface area contributed by atoms with Crippen LogP contribution < -0.4 is 15.8 Å². The first-order valence-electron chi connectivity index (χ1n) is 12.3. The molecule has 2 unspecified atom stereocenters. The van der Waals surface area contributed by atoms with Crippen LogP contribution in [-0.2, 0) is 0 Å². The van der Waals surface area contributed by atoms with E-state index in [0.717, 1.165) is 12.8 Å². The molecule has 11 heteroatoms. The average molecular weight is 500 g/mol. The van der Waals surface area contributed by atoms with E-state index >= 15 is 0 Å². The number of ether oxygens (including phenoxy) is 1. The number of pyridine rings is 1. The van der Waals surface area contributed by atoms with E-state index in [-0.39, 0.29) is 11.9 Å². The van der Waals surface area contributed by atoms with Crippen molar-refractivity contribution < 1.29 is 9.13 Å². The van der Waals surface area contributed by atoms with Crippen LogP contribution in [-0.4, -0.2) is 41.8 Å². The second-order valence-corrected chi connectivity index (χ2v) is 9.62. The van der Waals surface area contributed by atoms with Gasteiger partial charge in [-0.25, -0.2) is 9.37 Å². The first kappa shape index (κ1) is 23.1. The van der Waals surface area contributed by atoms with E-state index in [0.29, 0.717) is 45.9 Å². The second kappa shape index (κ2) is 9.29. The Morgan fingerprint density at radius 1 is 1.14 bits per heavy atom. The number of aromatic nitrogens is 6. The van der Waals surface area contributed by atoms with Crippen LogP contribution in [0.15, 0.2) is 49.1 Å². The van der Waals surface area contributed by atoms with E-state index in [4.69, 9.17) is 10.5 Å². The summed E-state index contributed by atoms with van der Waals surface area (Å²) in [6, 6.07) is 9.57. The van der Waals surface area contributed by atoms with Crippen LogP contribution >= 0.6 is 0 Å². The molecule has 188 valence electrons. The van der Waals surface area contributed by atoms with Crippen LogP contribution in [0.1, 0.15) is 56.0 Å². The zero-order chi connectivity index (χ0) is 25.5. The number of nitrogens with one attached hydrogen (secondary N) is 1. The van der Waals surface area contributed by atoms with Gasteiger partial charge in [0.1, 0.15) is 23.7 Å². The number of fused-ring (bicyclic) bond motifs is 2. The van der Waals surface area contributed by atoms with Crippen LogP contribution in [0.3, 0.4) is 0 Å². The maximum atomic E-state index is 14.2. The van der Waals surface area contributed by atoms with Crippen molar-refractivity contribution >= 4 is 5.82 Å². The predicted octanol–water partition coefficient (Wildman–Crippen LogP) is 3.71. The molecule has 37 heavy (non-hydrogen) atoms. The van der Waals surface area contributed by atoms with Gasteiger partial charge in [0.25, 0.3) is 0 Å². The number of nitriles is 1. The lowest BCUT2D eigenvalue weighted by Gasteiger charge is -2.29. The first-order chi connectivity index (χ1) is 18.0. The minimum absolute atomic E-state index is 0.182. The average Bonchev–Trinajstić information content (AvgIpc) is 3.65. The molecule has 2 aliphatic rings. The number of hydrogen-bond acceptors (Lipinski definition) is 8. The van der Waals surface area contributed by atoms with E-state index in [1.807, 2.05) is 4.68 Å². The Hall–Kier alpha value is -4.30. The SMILES string of the molecule is C[C@@H](Oc1cc(-c2cnn(C3CC4CCC(C3)N4)c2C#N)cnc1N)c1cc(F)ccc1-n1nccn1. The van der Waals surface area contributed by atoms with Gasteiger partial charge in [-0.2, -0.15) is 25.4 Å². The van der Waals surface area contributed by atoms with Crippen molar-refractivity contribution in [1.29, 1.82) is 5.26 Å². The van der Waals surface area contributed by atoms with Gasteiger partial charge in [-0.15, -0.1) is 0 Å². The van der Waals surface area contributed by atoms with Crippen molar-refractivity contribution in [3.63, 3.8) is 0 Å². The molecule has 2 fully saturated rings. The highest BCUT2D eigenvalue weighted by Crippen LogP contribution is 2.37. The molecule has 0 radical (unpaired) electrons. The van der Waals surface area contributed by atoms with Crippen molar-refractivity contribution in [2.24, 2.45) is 0 Å². The molecule has 4 aromatic rings. The number of halogens is 1. The summed E-state index contributed by atoms with van der Waals surface area (Å²) in [6.07, 6.45) is 10.1. The van der Waals surface area contributed by atoms with Crippen molar-refractivity contribution in [2.45, 2.75) is 56.8 Å². The smallest absolute Gasteiger partial charge is 0.166 e. The lowest BCUT2D eigenvalue weighted by molar-refractivity contribution is 0.226. The summed E-state index contributed by atoms with van der Waals surface area (Å²) in [5.74, 6) is 0.107. The third kappa shape index (κ3) is 4.29. The first-order valence-corrected chi connectivity index (χ1v) is 12.3. The molecule has 1 aromatic carbocycles. The van der Waals surface area contributed by atoms with E-state index in [1.165, 1.54) is 29.8 Å². The molecule has 5 heterocycles. The molecule has 2 aliphatic heterocycles. The zero-order valence-corrected chi connectivity index (χ0v) is 20.3. The number of anilines is 1. The minimum Gasteiger partial charge on any atom is -0.482 e. The molecular weight excluding hydrogens is 473 g/mol. The van der Waals surface area contributed by atoms with E-state index in [2.05, 4.69) is 31.7 Å². The maximum absolute atomic E-state index is 14.2. The Kier molecular flexibility index (Phi) is 5.81. The van der Waals surface area contributed by atoms with Gasteiger partial charge in [0.2, 0.25) is 0 Å².